The molecule has 0 unspecified atom stereocenters. The predicted molar refractivity (Wildman–Crippen MR) is 69.0 cm³/mol. The van der Waals surface area contributed by atoms with E-state index in [1.54, 1.807) is 23.1 Å². The highest BCUT2D eigenvalue weighted by atomic mass is 16.4. The van der Waals surface area contributed by atoms with E-state index in [4.69, 9.17) is 5.11 Å². The lowest BCUT2D eigenvalue weighted by Crippen LogP contribution is -2.27. The highest BCUT2D eigenvalue weighted by Gasteiger charge is 2.12. The van der Waals surface area contributed by atoms with Gasteiger partial charge in [0.15, 0.2) is 0 Å². The molecule has 94 valence electrons. The molecule has 18 heavy (non-hydrogen) atoms. The van der Waals surface area contributed by atoms with E-state index in [2.05, 4.69) is 4.98 Å². The molecule has 0 atom stereocenters. The van der Waals surface area contributed by atoms with Gasteiger partial charge in [-0.1, -0.05) is 0 Å². The standard InChI is InChI=1S/C13H14N2O3/c1-3-15(8(2)16)10-4-5-11-9(6-10)7-12(14-11)13(17)18/h4-7,14H,3H2,1-2H3,(H,17,18). The molecule has 0 aliphatic heterocycles. The maximum absolute atomic E-state index is 11.4. The van der Waals surface area contributed by atoms with Crippen molar-refractivity contribution in [1.29, 1.82) is 0 Å². The fourth-order valence-corrected chi connectivity index (χ4v) is 1.99. The molecule has 1 aromatic carbocycles. The van der Waals surface area contributed by atoms with Gasteiger partial charge in [-0.15, -0.1) is 0 Å². The molecule has 0 radical (unpaired) electrons. The van der Waals surface area contributed by atoms with Crippen LogP contribution in [0.2, 0.25) is 0 Å². The Balaban J connectivity index is 2.49. The third kappa shape index (κ3) is 2.07. The first-order valence-electron chi connectivity index (χ1n) is 5.67. The Morgan fingerprint density at radius 3 is 2.61 bits per heavy atom. The number of amides is 1. The number of aromatic amines is 1. The predicted octanol–water partition coefficient (Wildman–Crippen LogP) is 2.24. The molecule has 0 aliphatic rings. The highest BCUT2D eigenvalue weighted by Crippen LogP contribution is 2.23. The Labute approximate surface area is 104 Å². The number of aromatic nitrogens is 1. The van der Waals surface area contributed by atoms with Gasteiger partial charge in [0.05, 0.1) is 0 Å². The van der Waals surface area contributed by atoms with Crippen molar-refractivity contribution < 1.29 is 14.7 Å². The number of carboxylic acid groups (broad SMARTS) is 1. The topological polar surface area (TPSA) is 73.4 Å². The van der Waals surface area contributed by atoms with Gasteiger partial charge >= 0.3 is 5.97 Å². The normalized spacial score (nSPS) is 10.6. The number of aromatic carboxylic acids is 1. The zero-order valence-electron chi connectivity index (χ0n) is 10.2. The second kappa shape index (κ2) is 4.52. The quantitative estimate of drug-likeness (QED) is 0.872. The summed E-state index contributed by atoms with van der Waals surface area (Å²) >= 11 is 0. The van der Waals surface area contributed by atoms with E-state index in [9.17, 15) is 9.59 Å². The molecule has 2 rings (SSSR count). The maximum atomic E-state index is 11.4. The Bertz CT molecular complexity index is 616. The van der Waals surface area contributed by atoms with Gasteiger partial charge in [0.1, 0.15) is 5.69 Å². The number of carboxylic acids is 1. The first-order valence-corrected chi connectivity index (χ1v) is 5.67. The van der Waals surface area contributed by atoms with Crippen LogP contribution in [0.5, 0.6) is 0 Å². The summed E-state index contributed by atoms with van der Waals surface area (Å²) in [6, 6.07) is 6.95. The first-order chi connectivity index (χ1) is 8.52. The number of nitrogens with one attached hydrogen (secondary N) is 1. The molecule has 0 aliphatic carbocycles. The third-order valence-electron chi connectivity index (χ3n) is 2.84. The fraction of sp³-hybridized carbons (Fsp3) is 0.231. The molecular weight excluding hydrogens is 232 g/mol. The zero-order valence-corrected chi connectivity index (χ0v) is 10.2. The van der Waals surface area contributed by atoms with Gasteiger partial charge in [0, 0.05) is 30.1 Å². The highest BCUT2D eigenvalue weighted by molar-refractivity contribution is 5.97. The van der Waals surface area contributed by atoms with Crippen molar-refractivity contribution in [3.8, 4) is 0 Å². The smallest absolute Gasteiger partial charge is 0.352 e. The average Bonchev–Trinajstić information content (AvgIpc) is 2.72. The Morgan fingerprint density at radius 1 is 1.33 bits per heavy atom. The SMILES string of the molecule is CCN(C(C)=O)c1ccc2[nH]c(C(=O)O)cc2c1. The number of benzene rings is 1. The average molecular weight is 246 g/mol. The van der Waals surface area contributed by atoms with E-state index in [0.717, 1.165) is 16.6 Å². The van der Waals surface area contributed by atoms with Gasteiger partial charge in [-0.3, -0.25) is 4.79 Å². The lowest BCUT2D eigenvalue weighted by Gasteiger charge is -2.18. The van der Waals surface area contributed by atoms with Gasteiger partial charge in [-0.05, 0) is 31.2 Å². The lowest BCUT2D eigenvalue weighted by molar-refractivity contribution is -0.116. The monoisotopic (exact) mass is 246 g/mol. The molecule has 0 saturated heterocycles. The van der Waals surface area contributed by atoms with Crippen LogP contribution < -0.4 is 4.90 Å². The molecule has 5 heteroatoms. The van der Waals surface area contributed by atoms with Crippen LogP contribution in [-0.2, 0) is 4.79 Å². The molecule has 0 saturated carbocycles. The lowest BCUT2D eigenvalue weighted by atomic mass is 10.2. The van der Waals surface area contributed by atoms with Crippen molar-refractivity contribution in [1.82, 2.24) is 4.98 Å². The van der Waals surface area contributed by atoms with E-state index in [1.165, 1.54) is 6.92 Å². The molecule has 0 spiro atoms. The minimum atomic E-state index is -0.994. The molecule has 0 bridgehead atoms. The van der Waals surface area contributed by atoms with Crippen molar-refractivity contribution in [3.63, 3.8) is 0 Å². The number of hydrogen-bond acceptors (Lipinski definition) is 2. The van der Waals surface area contributed by atoms with Crippen LogP contribution in [0, 0.1) is 0 Å². The molecular formula is C13H14N2O3. The van der Waals surface area contributed by atoms with Crippen LogP contribution in [0.1, 0.15) is 24.3 Å². The van der Waals surface area contributed by atoms with Gasteiger partial charge in [0.2, 0.25) is 5.91 Å². The molecule has 1 amide bonds. The van der Waals surface area contributed by atoms with Gasteiger partial charge in [-0.2, -0.15) is 0 Å². The number of H-pyrrole nitrogens is 1. The Hall–Kier alpha value is -2.30. The summed E-state index contributed by atoms with van der Waals surface area (Å²) in [5.74, 6) is -1.03. The second-order valence-electron chi connectivity index (χ2n) is 4.02. The van der Waals surface area contributed by atoms with E-state index in [-0.39, 0.29) is 11.6 Å². The zero-order chi connectivity index (χ0) is 13.3. The largest absolute Gasteiger partial charge is 0.477 e. The minimum absolute atomic E-state index is 0.0363. The van der Waals surface area contributed by atoms with Gasteiger partial charge in [-0.25, -0.2) is 4.79 Å². The summed E-state index contributed by atoms with van der Waals surface area (Å²) in [6.45, 7) is 3.98. The van der Waals surface area contributed by atoms with E-state index in [0.29, 0.717) is 6.54 Å². The summed E-state index contributed by atoms with van der Waals surface area (Å²) in [7, 11) is 0. The maximum Gasteiger partial charge on any atom is 0.352 e. The Morgan fingerprint density at radius 2 is 2.06 bits per heavy atom. The molecule has 0 fully saturated rings. The van der Waals surface area contributed by atoms with Crippen LogP contribution in [0.3, 0.4) is 0 Å². The molecule has 1 aromatic heterocycles. The molecule has 2 aromatic rings. The van der Waals surface area contributed by atoms with Crippen molar-refractivity contribution in [2.75, 3.05) is 11.4 Å². The Kier molecular flexibility index (Phi) is 3.06. The number of carbonyl (C=O) groups excluding carboxylic acids is 1. The molecule has 5 nitrogen and oxygen atoms in total. The van der Waals surface area contributed by atoms with Gasteiger partial charge in [0.25, 0.3) is 0 Å². The van der Waals surface area contributed by atoms with E-state index < -0.39 is 5.97 Å². The van der Waals surface area contributed by atoms with Crippen LogP contribution >= 0.6 is 0 Å². The number of carbonyl (C=O) groups is 2. The van der Waals surface area contributed by atoms with Crippen LogP contribution in [0.15, 0.2) is 24.3 Å². The summed E-state index contributed by atoms with van der Waals surface area (Å²) in [6.07, 6.45) is 0. The van der Waals surface area contributed by atoms with Crippen LogP contribution in [-0.4, -0.2) is 28.5 Å². The van der Waals surface area contributed by atoms with Crippen molar-refractivity contribution in [2.24, 2.45) is 0 Å². The first kappa shape index (κ1) is 12.2. The van der Waals surface area contributed by atoms with Crippen molar-refractivity contribution in [2.45, 2.75) is 13.8 Å². The van der Waals surface area contributed by atoms with E-state index in [1.807, 2.05) is 13.0 Å². The minimum Gasteiger partial charge on any atom is -0.477 e. The van der Waals surface area contributed by atoms with Crippen LogP contribution in [0.25, 0.3) is 10.9 Å². The van der Waals surface area contributed by atoms with Crippen molar-refractivity contribution in [3.05, 3.63) is 30.0 Å². The van der Waals surface area contributed by atoms with Crippen molar-refractivity contribution >= 4 is 28.5 Å². The summed E-state index contributed by atoms with van der Waals surface area (Å²) in [5.41, 5.74) is 1.66. The third-order valence-corrected chi connectivity index (χ3v) is 2.84. The second-order valence-corrected chi connectivity index (χ2v) is 4.02. The summed E-state index contributed by atoms with van der Waals surface area (Å²) in [4.78, 5) is 26.7. The number of hydrogen-bond donors (Lipinski definition) is 2. The summed E-state index contributed by atoms with van der Waals surface area (Å²) in [5, 5.41) is 9.69. The summed E-state index contributed by atoms with van der Waals surface area (Å²) < 4.78 is 0. The van der Waals surface area contributed by atoms with Crippen LogP contribution in [0.4, 0.5) is 5.69 Å². The number of rotatable bonds is 3. The number of fused-ring (bicyclic) bond motifs is 1. The van der Waals surface area contributed by atoms with Gasteiger partial charge < -0.3 is 15.0 Å². The van der Waals surface area contributed by atoms with E-state index >= 15 is 0 Å². The molecule has 2 N–H and O–H groups in total. The number of anilines is 1. The fourth-order valence-electron chi connectivity index (χ4n) is 1.99. The number of nitrogens with zero attached hydrogens (tertiary/aromatic N) is 1. The molecule has 1 heterocycles.